The molecule has 0 saturated carbocycles. The first-order chi connectivity index (χ1) is 5.29. The van der Waals surface area contributed by atoms with E-state index in [1.807, 2.05) is 30.3 Å². The van der Waals surface area contributed by atoms with Crippen molar-refractivity contribution in [3.05, 3.63) is 35.9 Å². The number of rotatable bonds is 2. The molecule has 1 N–H and O–H groups in total. The minimum atomic E-state index is 0. The fraction of sp³-hybridized carbons (Fsp3) is 0.125. The second-order valence-corrected chi connectivity index (χ2v) is 3.30. The number of hydrogen-bond donors (Lipinski definition) is 2. The molecular weight excluding hydrogens is 214 g/mol. The van der Waals surface area contributed by atoms with Crippen molar-refractivity contribution in [2.75, 3.05) is 0 Å². The number of thiol groups is 1. The molecule has 1 aromatic carbocycles. The Hall–Kier alpha value is 0.720. The van der Waals surface area contributed by atoms with E-state index in [4.69, 9.17) is 12.2 Å². The quantitative estimate of drug-likeness (QED) is 0.452. The van der Waals surface area contributed by atoms with E-state index in [-0.39, 0.29) is 40.6 Å². The van der Waals surface area contributed by atoms with E-state index in [0.29, 0.717) is 4.32 Å². The van der Waals surface area contributed by atoms with E-state index in [1.54, 1.807) is 0 Å². The van der Waals surface area contributed by atoms with Crippen LogP contribution in [-0.2, 0) is 6.54 Å². The van der Waals surface area contributed by atoms with Gasteiger partial charge in [-0.1, -0.05) is 42.5 Å². The van der Waals surface area contributed by atoms with Crippen molar-refractivity contribution in [3.63, 3.8) is 0 Å². The van der Waals surface area contributed by atoms with E-state index in [1.165, 1.54) is 5.56 Å². The maximum atomic E-state index is 4.75. The van der Waals surface area contributed by atoms with Gasteiger partial charge < -0.3 is 8.17 Å². The van der Waals surface area contributed by atoms with Crippen molar-refractivity contribution < 1.29 is 2.85 Å². The van der Waals surface area contributed by atoms with Gasteiger partial charge in [0.2, 0.25) is 0 Å². The van der Waals surface area contributed by atoms with Crippen molar-refractivity contribution in [1.29, 1.82) is 0 Å². The summed E-state index contributed by atoms with van der Waals surface area (Å²) in [5, 5.41) is 2.96. The standard InChI is InChI=1S/C8H9NS2.Ca.2H/c10-8(11)9-6-7-4-2-1-3-5-7;;;/h1-5H,6H2,(H2,9,10,11);;;/q;+2;2*-1. The zero-order valence-corrected chi connectivity index (χ0v) is 10.6. The summed E-state index contributed by atoms with van der Waals surface area (Å²) < 4.78 is 0.536. The third-order valence-corrected chi connectivity index (χ3v) is 1.59. The molecule has 4 heteroatoms. The van der Waals surface area contributed by atoms with Gasteiger partial charge in [0.25, 0.3) is 0 Å². The van der Waals surface area contributed by atoms with Crippen LogP contribution in [0.25, 0.3) is 0 Å². The Morgan fingerprint density at radius 1 is 1.42 bits per heavy atom. The van der Waals surface area contributed by atoms with Crippen LogP contribution < -0.4 is 5.32 Å². The van der Waals surface area contributed by atoms with Crippen molar-refractivity contribution in [2.45, 2.75) is 6.54 Å². The van der Waals surface area contributed by atoms with Gasteiger partial charge in [0.05, 0.1) is 0 Å². The summed E-state index contributed by atoms with van der Waals surface area (Å²) in [6.07, 6.45) is 0. The molecular formula is C8H11CaNS2. The molecule has 0 spiro atoms. The molecule has 0 bridgehead atoms. The molecule has 0 amide bonds. The van der Waals surface area contributed by atoms with Gasteiger partial charge in [-0.15, -0.1) is 12.6 Å². The molecule has 0 aliphatic heterocycles. The summed E-state index contributed by atoms with van der Waals surface area (Å²) in [5.41, 5.74) is 1.21. The SMILES string of the molecule is S=C(S)NCc1ccccc1.[Ca+2].[H-].[H-]. The summed E-state index contributed by atoms with van der Waals surface area (Å²) in [6, 6.07) is 10.1. The summed E-state index contributed by atoms with van der Waals surface area (Å²) in [5.74, 6) is 0. The van der Waals surface area contributed by atoms with Crippen molar-refractivity contribution >= 4 is 66.9 Å². The Balaban J connectivity index is -0.000000403. The number of hydrogen-bond acceptors (Lipinski definition) is 1. The van der Waals surface area contributed by atoms with Crippen molar-refractivity contribution in [1.82, 2.24) is 5.32 Å². The molecule has 0 unspecified atom stereocenters. The van der Waals surface area contributed by atoms with Gasteiger partial charge >= 0.3 is 37.7 Å². The Morgan fingerprint density at radius 3 is 2.50 bits per heavy atom. The fourth-order valence-electron chi connectivity index (χ4n) is 0.774. The topological polar surface area (TPSA) is 12.0 Å². The van der Waals surface area contributed by atoms with Crippen LogP contribution in [0, 0.1) is 0 Å². The third kappa shape index (κ3) is 5.38. The number of benzene rings is 1. The zero-order valence-electron chi connectivity index (χ0n) is 8.66. The van der Waals surface area contributed by atoms with Crippen molar-refractivity contribution in [2.24, 2.45) is 0 Å². The van der Waals surface area contributed by atoms with Crippen LogP contribution in [0.3, 0.4) is 0 Å². The predicted octanol–water partition coefficient (Wildman–Crippen LogP) is 1.84. The first-order valence-electron chi connectivity index (χ1n) is 3.30. The van der Waals surface area contributed by atoms with Crippen LogP contribution in [0.2, 0.25) is 0 Å². The summed E-state index contributed by atoms with van der Waals surface area (Å²) >= 11 is 8.70. The Kier molecular flexibility index (Phi) is 7.58. The van der Waals surface area contributed by atoms with Crippen LogP contribution >= 0.6 is 24.8 Å². The van der Waals surface area contributed by atoms with E-state index in [0.717, 1.165) is 6.54 Å². The molecule has 62 valence electrons. The molecule has 0 heterocycles. The number of thiocarbonyl (C=S) groups is 1. The van der Waals surface area contributed by atoms with Crippen LogP contribution in [0.5, 0.6) is 0 Å². The molecule has 0 atom stereocenters. The fourth-order valence-corrected chi connectivity index (χ4v) is 0.925. The average molecular weight is 225 g/mol. The van der Waals surface area contributed by atoms with Crippen molar-refractivity contribution in [3.8, 4) is 0 Å². The van der Waals surface area contributed by atoms with Gasteiger partial charge in [-0.05, 0) is 5.56 Å². The zero-order chi connectivity index (χ0) is 8.10. The Labute approximate surface area is 116 Å². The first-order valence-corrected chi connectivity index (χ1v) is 4.15. The van der Waals surface area contributed by atoms with Crippen LogP contribution in [0.1, 0.15) is 8.42 Å². The molecule has 0 aliphatic rings. The molecule has 0 aromatic heterocycles. The Bertz CT molecular complexity index is 246. The van der Waals surface area contributed by atoms with Gasteiger partial charge in [0.15, 0.2) is 0 Å². The molecule has 1 nitrogen and oxygen atoms in total. The maximum absolute atomic E-state index is 4.75. The molecule has 0 radical (unpaired) electrons. The molecule has 1 rings (SSSR count). The third-order valence-electron chi connectivity index (χ3n) is 1.29. The predicted molar refractivity (Wildman–Crippen MR) is 62.8 cm³/mol. The monoisotopic (exact) mass is 225 g/mol. The molecule has 0 aliphatic carbocycles. The number of nitrogens with one attached hydrogen (secondary N) is 1. The van der Waals surface area contributed by atoms with E-state index in [2.05, 4.69) is 17.9 Å². The molecule has 12 heavy (non-hydrogen) atoms. The normalized spacial score (nSPS) is 8.42. The van der Waals surface area contributed by atoms with E-state index in [9.17, 15) is 0 Å². The van der Waals surface area contributed by atoms with Crippen LogP contribution in [-0.4, -0.2) is 42.1 Å². The van der Waals surface area contributed by atoms with Crippen LogP contribution in [0.4, 0.5) is 0 Å². The Morgan fingerprint density at radius 2 is 2.00 bits per heavy atom. The van der Waals surface area contributed by atoms with Gasteiger partial charge in [0, 0.05) is 6.54 Å². The van der Waals surface area contributed by atoms with Gasteiger partial charge in [-0.2, -0.15) is 0 Å². The second kappa shape index (κ2) is 7.15. The minimum Gasteiger partial charge on any atom is -1.00 e. The smallest absolute Gasteiger partial charge is 1.00 e. The molecule has 0 saturated heterocycles. The largest absolute Gasteiger partial charge is 2.00 e. The minimum absolute atomic E-state index is 0. The first kappa shape index (κ1) is 12.7. The second-order valence-electron chi connectivity index (χ2n) is 2.14. The van der Waals surface area contributed by atoms with Gasteiger partial charge in [-0.25, -0.2) is 0 Å². The summed E-state index contributed by atoms with van der Waals surface area (Å²) in [6.45, 7) is 0.753. The molecule has 0 fully saturated rings. The summed E-state index contributed by atoms with van der Waals surface area (Å²) in [4.78, 5) is 0. The van der Waals surface area contributed by atoms with Gasteiger partial charge in [-0.3, -0.25) is 0 Å². The van der Waals surface area contributed by atoms with E-state index >= 15 is 0 Å². The van der Waals surface area contributed by atoms with E-state index < -0.39 is 0 Å². The molecule has 1 aromatic rings. The van der Waals surface area contributed by atoms with Crippen LogP contribution in [0.15, 0.2) is 30.3 Å². The maximum Gasteiger partial charge on any atom is 2.00 e. The average Bonchev–Trinajstić information content (AvgIpc) is 2.03. The summed E-state index contributed by atoms with van der Waals surface area (Å²) in [7, 11) is 0. The van der Waals surface area contributed by atoms with Gasteiger partial charge in [0.1, 0.15) is 4.32 Å².